The highest BCUT2D eigenvalue weighted by atomic mass is 16.5. The highest BCUT2D eigenvalue weighted by molar-refractivity contribution is 5.64. The van der Waals surface area contributed by atoms with Gasteiger partial charge >= 0.3 is 0 Å². The number of methoxy groups -OCH3 is 1. The van der Waals surface area contributed by atoms with Gasteiger partial charge in [0.05, 0.1) is 7.11 Å². The monoisotopic (exact) mass is 201 g/mol. The summed E-state index contributed by atoms with van der Waals surface area (Å²) in [5, 5.41) is 10.9. The Balaban J connectivity index is 2.40. The minimum Gasteiger partial charge on any atom is -0.619 e. The molecule has 0 fully saturated rings. The molecule has 0 N–H and O–H groups in total. The molecule has 3 heteroatoms. The van der Waals surface area contributed by atoms with E-state index in [0.29, 0.717) is 0 Å². The van der Waals surface area contributed by atoms with E-state index in [1.165, 1.54) is 12.4 Å². The molecule has 0 spiro atoms. The lowest BCUT2D eigenvalue weighted by atomic mass is 10.1. The number of hydrogen-bond donors (Lipinski definition) is 0. The Morgan fingerprint density at radius 2 is 1.80 bits per heavy atom. The Kier molecular flexibility index (Phi) is 2.54. The van der Waals surface area contributed by atoms with Crippen LogP contribution in [0.1, 0.15) is 0 Å². The zero-order valence-corrected chi connectivity index (χ0v) is 8.38. The highest BCUT2D eigenvalue weighted by Gasteiger charge is 2.00. The summed E-state index contributed by atoms with van der Waals surface area (Å²) in [5.41, 5.74) is 2.04. The number of ether oxygens (including phenoxy) is 1. The van der Waals surface area contributed by atoms with Crippen LogP contribution in [0.2, 0.25) is 0 Å². The smallest absolute Gasteiger partial charge is 0.180 e. The predicted molar refractivity (Wildman–Crippen MR) is 57.4 cm³/mol. The van der Waals surface area contributed by atoms with Crippen molar-refractivity contribution in [1.82, 2.24) is 0 Å². The molecule has 1 heterocycles. The fourth-order valence-electron chi connectivity index (χ4n) is 1.41. The Morgan fingerprint density at radius 3 is 2.47 bits per heavy atom. The van der Waals surface area contributed by atoms with E-state index in [1.54, 1.807) is 19.2 Å². The molecule has 76 valence electrons. The first-order chi connectivity index (χ1) is 7.29. The molecule has 2 aromatic rings. The quantitative estimate of drug-likeness (QED) is 0.550. The predicted octanol–water partition coefficient (Wildman–Crippen LogP) is 2.00. The van der Waals surface area contributed by atoms with Gasteiger partial charge in [-0.05, 0) is 23.3 Å². The van der Waals surface area contributed by atoms with Crippen molar-refractivity contribution in [2.45, 2.75) is 0 Å². The van der Waals surface area contributed by atoms with Crippen LogP contribution in [0.5, 0.6) is 5.75 Å². The lowest BCUT2D eigenvalue weighted by Gasteiger charge is -2.04. The number of pyridine rings is 1. The van der Waals surface area contributed by atoms with Gasteiger partial charge in [0.2, 0.25) is 0 Å². The van der Waals surface area contributed by atoms with Crippen molar-refractivity contribution in [3.63, 3.8) is 0 Å². The van der Waals surface area contributed by atoms with E-state index in [1.807, 2.05) is 24.3 Å². The molecule has 15 heavy (non-hydrogen) atoms. The molecule has 1 aromatic heterocycles. The van der Waals surface area contributed by atoms with E-state index in [2.05, 4.69) is 0 Å². The zero-order chi connectivity index (χ0) is 10.7. The van der Waals surface area contributed by atoms with E-state index < -0.39 is 0 Å². The molecule has 3 nitrogen and oxygen atoms in total. The minimum absolute atomic E-state index is 0.768. The van der Waals surface area contributed by atoms with Gasteiger partial charge in [-0.15, -0.1) is 0 Å². The van der Waals surface area contributed by atoms with E-state index in [4.69, 9.17) is 4.74 Å². The molecular formula is C12H11NO2. The van der Waals surface area contributed by atoms with Crippen LogP contribution in [0.4, 0.5) is 0 Å². The summed E-state index contributed by atoms with van der Waals surface area (Å²) in [4.78, 5) is 0. The first-order valence-corrected chi connectivity index (χ1v) is 4.63. The van der Waals surface area contributed by atoms with Gasteiger partial charge in [0, 0.05) is 12.1 Å². The minimum atomic E-state index is 0.768. The Morgan fingerprint density at radius 1 is 1.07 bits per heavy atom. The summed E-state index contributed by atoms with van der Waals surface area (Å²) in [7, 11) is 1.63. The molecule has 0 amide bonds. The van der Waals surface area contributed by atoms with Crippen LogP contribution in [0.15, 0.2) is 48.8 Å². The second-order valence-electron chi connectivity index (χ2n) is 3.18. The standard InChI is InChI=1S/C12H11NO2/c1-15-12-4-2-3-11(9-12)10-5-7-13(14)8-6-10/h2-9H,1H3. The number of hydrogen-bond acceptors (Lipinski definition) is 2. The molecule has 0 radical (unpaired) electrons. The van der Waals surface area contributed by atoms with Crippen molar-refractivity contribution in [3.05, 3.63) is 54.0 Å². The van der Waals surface area contributed by atoms with Crippen LogP contribution in [-0.4, -0.2) is 7.11 Å². The maximum atomic E-state index is 10.9. The molecule has 0 aliphatic rings. The van der Waals surface area contributed by atoms with Crippen LogP contribution in [0.25, 0.3) is 11.1 Å². The third kappa shape index (κ3) is 2.07. The third-order valence-electron chi connectivity index (χ3n) is 2.21. The normalized spacial score (nSPS) is 9.93. The Labute approximate surface area is 88.1 Å². The third-order valence-corrected chi connectivity index (χ3v) is 2.21. The molecule has 0 atom stereocenters. The second-order valence-corrected chi connectivity index (χ2v) is 3.18. The number of benzene rings is 1. The van der Waals surface area contributed by atoms with Gasteiger partial charge in [-0.3, -0.25) is 0 Å². The molecular weight excluding hydrogens is 190 g/mol. The lowest BCUT2D eigenvalue weighted by Crippen LogP contribution is -2.23. The summed E-state index contributed by atoms with van der Waals surface area (Å²) in [5.74, 6) is 0.811. The van der Waals surface area contributed by atoms with E-state index in [0.717, 1.165) is 21.6 Å². The van der Waals surface area contributed by atoms with Crippen molar-refractivity contribution in [1.29, 1.82) is 0 Å². The van der Waals surface area contributed by atoms with Crippen LogP contribution in [0, 0.1) is 5.21 Å². The number of nitrogens with zero attached hydrogens (tertiary/aromatic N) is 1. The summed E-state index contributed by atoms with van der Waals surface area (Å²) in [6.45, 7) is 0. The van der Waals surface area contributed by atoms with Gasteiger partial charge in [0.15, 0.2) is 12.4 Å². The van der Waals surface area contributed by atoms with Gasteiger partial charge in [-0.25, -0.2) is 0 Å². The van der Waals surface area contributed by atoms with Crippen LogP contribution >= 0.6 is 0 Å². The van der Waals surface area contributed by atoms with E-state index in [9.17, 15) is 5.21 Å². The molecule has 0 unspecified atom stereocenters. The molecule has 0 aliphatic heterocycles. The first kappa shape index (κ1) is 9.52. The molecule has 2 rings (SSSR count). The van der Waals surface area contributed by atoms with Crippen molar-refractivity contribution in [3.8, 4) is 16.9 Å². The average molecular weight is 201 g/mol. The van der Waals surface area contributed by atoms with Gasteiger partial charge in [-0.1, -0.05) is 12.1 Å². The number of aromatic nitrogens is 1. The largest absolute Gasteiger partial charge is 0.619 e. The molecule has 0 bridgehead atoms. The SMILES string of the molecule is COc1cccc(-c2cc[n+]([O-])cc2)c1. The van der Waals surface area contributed by atoms with E-state index in [-0.39, 0.29) is 0 Å². The van der Waals surface area contributed by atoms with Crippen LogP contribution < -0.4 is 9.47 Å². The first-order valence-electron chi connectivity index (χ1n) is 4.63. The van der Waals surface area contributed by atoms with Crippen molar-refractivity contribution in [2.24, 2.45) is 0 Å². The van der Waals surface area contributed by atoms with Crippen molar-refractivity contribution < 1.29 is 9.47 Å². The summed E-state index contributed by atoms with van der Waals surface area (Å²) < 4.78 is 5.90. The topological polar surface area (TPSA) is 36.2 Å². The fraction of sp³-hybridized carbons (Fsp3) is 0.0833. The zero-order valence-electron chi connectivity index (χ0n) is 8.38. The van der Waals surface area contributed by atoms with Crippen LogP contribution in [0.3, 0.4) is 0 Å². The highest BCUT2D eigenvalue weighted by Crippen LogP contribution is 2.22. The van der Waals surface area contributed by atoms with Crippen molar-refractivity contribution in [2.75, 3.05) is 7.11 Å². The molecule has 0 aliphatic carbocycles. The van der Waals surface area contributed by atoms with Gasteiger partial charge < -0.3 is 9.94 Å². The summed E-state index contributed by atoms with van der Waals surface area (Å²) >= 11 is 0. The maximum Gasteiger partial charge on any atom is 0.180 e. The van der Waals surface area contributed by atoms with Crippen LogP contribution in [-0.2, 0) is 0 Å². The second kappa shape index (κ2) is 4.00. The number of rotatable bonds is 2. The fourth-order valence-corrected chi connectivity index (χ4v) is 1.41. The summed E-state index contributed by atoms with van der Waals surface area (Å²) in [6, 6.07) is 11.3. The maximum absolute atomic E-state index is 10.9. The van der Waals surface area contributed by atoms with Gasteiger partial charge in [0.1, 0.15) is 5.75 Å². The van der Waals surface area contributed by atoms with Gasteiger partial charge in [0.25, 0.3) is 0 Å². The molecule has 0 saturated heterocycles. The lowest BCUT2D eigenvalue weighted by molar-refractivity contribution is -0.605. The summed E-state index contributed by atoms with van der Waals surface area (Å²) in [6.07, 6.45) is 2.96. The Bertz CT molecular complexity index is 451. The molecule has 0 saturated carbocycles. The van der Waals surface area contributed by atoms with E-state index >= 15 is 0 Å². The average Bonchev–Trinajstić information content (AvgIpc) is 2.30. The van der Waals surface area contributed by atoms with Crippen molar-refractivity contribution >= 4 is 0 Å². The van der Waals surface area contributed by atoms with Gasteiger partial charge in [-0.2, -0.15) is 4.73 Å². The Hall–Kier alpha value is -2.03. The molecule has 1 aromatic carbocycles.